The molecule has 1 spiro atoms. The topological polar surface area (TPSA) is 67.4 Å². The molecule has 0 aliphatic carbocycles. The minimum atomic E-state index is -1.08. The molecule has 5 rings (SSSR count). The fourth-order valence-electron chi connectivity index (χ4n) is 5.46. The number of esters is 1. The number of amides is 1. The smallest absolute Gasteiger partial charge is 0.324 e. The van der Waals surface area contributed by atoms with Crippen LogP contribution in [0.25, 0.3) is 0 Å². The van der Waals surface area contributed by atoms with Crippen LogP contribution in [0.1, 0.15) is 49.4 Å². The fourth-order valence-corrected chi connectivity index (χ4v) is 5.64. The Balaban J connectivity index is 1.78. The summed E-state index contributed by atoms with van der Waals surface area (Å²) in [4.78, 5) is 27.6. The third kappa shape index (κ3) is 3.60. The normalized spacial score (nSPS) is 25.8. The van der Waals surface area contributed by atoms with Gasteiger partial charge >= 0.3 is 5.97 Å². The zero-order valence-corrected chi connectivity index (χ0v) is 20.1. The van der Waals surface area contributed by atoms with E-state index < -0.39 is 29.0 Å². The predicted molar refractivity (Wildman–Crippen MR) is 133 cm³/mol. The molecule has 1 saturated heterocycles. The van der Waals surface area contributed by atoms with Gasteiger partial charge in [0, 0.05) is 16.6 Å². The van der Waals surface area contributed by atoms with Crippen molar-refractivity contribution in [2.45, 2.75) is 49.8 Å². The quantitative estimate of drug-likeness (QED) is 0.501. The maximum absolute atomic E-state index is 14.0. The third-order valence-corrected chi connectivity index (χ3v) is 6.86. The summed E-state index contributed by atoms with van der Waals surface area (Å²) in [6, 6.07) is 23.8. The van der Waals surface area contributed by atoms with E-state index in [-0.39, 0.29) is 11.9 Å². The van der Waals surface area contributed by atoms with E-state index >= 15 is 0 Å². The van der Waals surface area contributed by atoms with Crippen molar-refractivity contribution in [2.24, 2.45) is 0 Å². The van der Waals surface area contributed by atoms with Crippen molar-refractivity contribution in [3.63, 3.8) is 0 Å². The Labute approximate surface area is 204 Å². The van der Waals surface area contributed by atoms with Crippen LogP contribution < -0.4 is 10.6 Å². The van der Waals surface area contributed by atoms with Crippen LogP contribution in [0.5, 0.6) is 0 Å². The molecule has 2 heterocycles. The van der Waals surface area contributed by atoms with Gasteiger partial charge in [0.2, 0.25) is 5.91 Å². The lowest BCUT2D eigenvalue weighted by Crippen LogP contribution is -2.44. The number of carbonyl (C=O) groups excluding carboxylic acids is 2. The van der Waals surface area contributed by atoms with Crippen LogP contribution in [0.15, 0.2) is 78.9 Å². The maximum Gasteiger partial charge on any atom is 0.324 e. The Morgan fingerprint density at radius 3 is 2.18 bits per heavy atom. The van der Waals surface area contributed by atoms with Gasteiger partial charge in [0.1, 0.15) is 17.1 Å². The number of rotatable bonds is 3. The minimum Gasteiger partial charge on any atom is -0.459 e. The number of hydrogen-bond donors (Lipinski definition) is 2. The summed E-state index contributed by atoms with van der Waals surface area (Å²) in [5, 5.41) is 7.13. The van der Waals surface area contributed by atoms with E-state index in [1.165, 1.54) is 0 Å². The molecule has 3 aromatic carbocycles. The van der Waals surface area contributed by atoms with E-state index in [0.29, 0.717) is 10.7 Å². The molecule has 174 valence electrons. The molecule has 0 aromatic heterocycles. The molecule has 0 radical (unpaired) electrons. The first kappa shape index (κ1) is 22.6. The maximum atomic E-state index is 14.0. The van der Waals surface area contributed by atoms with Gasteiger partial charge in [-0.25, -0.2) is 0 Å². The van der Waals surface area contributed by atoms with Crippen molar-refractivity contribution in [2.75, 3.05) is 5.32 Å². The lowest BCUT2D eigenvalue weighted by atomic mass is 9.63. The first-order chi connectivity index (χ1) is 16.2. The second kappa shape index (κ2) is 8.26. The molecule has 0 bridgehead atoms. The van der Waals surface area contributed by atoms with Gasteiger partial charge in [0.05, 0.1) is 6.04 Å². The molecular weight excluding hydrogens is 448 g/mol. The SMILES string of the molecule is CC(C)(C)OC(=O)[C@H]1N[C@H](c2ccccc2)[C@]2(C(=O)Nc3cc(Cl)ccc32)[C@@H]1c1ccccc1. The van der Waals surface area contributed by atoms with Gasteiger partial charge in [-0.05, 0) is 49.6 Å². The Bertz CT molecular complexity index is 1240. The first-order valence-corrected chi connectivity index (χ1v) is 11.8. The highest BCUT2D eigenvalue weighted by Crippen LogP contribution is 2.59. The monoisotopic (exact) mass is 474 g/mol. The second-order valence-corrected chi connectivity index (χ2v) is 10.4. The largest absolute Gasteiger partial charge is 0.459 e. The Morgan fingerprint density at radius 2 is 1.56 bits per heavy atom. The number of carbonyl (C=O) groups is 2. The molecule has 2 aliphatic heterocycles. The molecule has 0 saturated carbocycles. The summed E-state index contributed by atoms with van der Waals surface area (Å²) in [5.74, 6) is -1.04. The van der Waals surface area contributed by atoms with E-state index in [0.717, 1.165) is 16.7 Å². The summed E-state index contributed by atoms with van der Waals surface area (Å²) >= 11 is 6.28. The Hall–Kier alpha value is -3.15. The van der Waals surface area contributed by atoms with Gasteiger partial charge in [0.15, 0.2) is 0 Å². The Kier molecular flexibility index (Phi) is 5.50. The summed E-state index contributed by atoms with van der Waals surface area (Å²) in [7, 11) is 0. The highest BCUT2D eigenvalue weighted by Gasteiger charge is 2.66. The molecule has 1 fully saturated rings. The number of fused-ring (bicyclic) bond motifs is 2. The number of anilines is 1. The molecule has 4 atom stereocenters. The molecule has 0 unspecified atom stereocenters. The number of hydrogen-bond acceptors (Lipinski definition) is 4. The number of halogens is 1. The average molecular weight is 475 g/mol. The highest BCUT2D eigenvalue weighted by atomic mass is 35.5. The van der Waals surface area contributed by atoms with Crippen LogP contribution in [0.4, 0.5) is 5.69 Å². The molecule has 2 N–H and O–H groups in total. The van der Waals surface area contributed by atoms with E-state index in [1.807, 2.05) is 87.5 Å². The zero-order valence-electron chi connectivity index (χ0n) is 19.3. The fraction of sp³-hybridized carbons (Fsp3) is 0.286. The summed E-state index contributed by atoms with van der Waals surface area (Å²) < 4.78 is 5.85. The molecular formula is C28H27ClN2O3. The summed E-state index contributed by atoms with van der Waals surface area (Å²) in [5.41, 5.74) is 1.56. The Morgan fingerprint density at radius 1 is 0.941 bits per heavy atom. The van der Waals surface area contributed by atoms with Gasteiger partial charge < -0.3 is 10.1 Å². The minimum absolute atomic E-state index is 0.161. The standard InChI is InChI=1S/C28H27ClN2O3/c1-27(2,3)34-25(32)23-22(17-10-6-4-7-11-17)28(24(31-23)18-12-8-5-9-13-18)20-15-14-19(29)16-21(20)30-26(28)33/h4-16,22-24,31H,1-3H3,(H,30,33)/t22-,23+,24-,28-/m1/s1. The number of benzene rings is 3. The lowest BCUT2D eigenvalue weighted by molar-refractivity contribution is -0.157. The van der Waals surface area contributed by atoms with Crippen molar-refractivity contribution >= 4 is 29.2 Å². The number of nitrogens with one attached hydrogen (secondary N) is 2. The summed E-state index contributed by atoms with van der Waals surface area (Å²) in [6.45, 7) is 5.55. The van der Waals surface area contributed by atoms with E-state index in [9.17, 15) is 9.59 Å². The third-order valence-electron chi connectivity index (χ3n) is 6.63. The van der Waals surface area contributed by atoms with Crippen LogP contribution in [0.3, 0.4) is 0 Å². The van der Waals surface area contributed by atoms with Crippen molar-refractivity contribution < 1.29 is 14.3 Å². The van der Waals surface area contributed by atoms with Crippen LogP contribution in [0, 0.1) is 0 Å². The van der Waals surface area contributed by atoms with Gasteiger partial charge in [-0.1, -0.05) is 78.3 Å². The number of ether oxygens (including phenoxy) is 1. The molecule has 5 nitrogen and oxygen atoms in total. The van der Waals surface area contributed by atoms with Crippen molar-refractivity contribution in [1.29, 1.82) is 0 Å². The predicted octanol–water partition coefficient (Wildman–Crippen LogP) is 5.37. The highest BCUT2D eigenvalue weighted by molar-refractivity contribution is 6.31. The van der Waals surface area contributed by atoms with Crippen LogP contribution in [-0.4, -0.2) is 23.5 Å². The summed E-state index contributed by atoms with van der Waals surface area (Å²) in [6.07, 6.45) is 0. The van der Waals surface area contributed by atoms with Crippen molar-refractivity contribution in [3.8, 4) is 0 Å². The van der Waals surface area contributed by atoms with Gasteiger partial charge in [-0.3, -0.25) is 14.9 Å². The van der Waals surface area contributed by atoms with Gasteiger partial charge in [0.25, 0.3) is 0 Å². The molecule has 6 heteroatoms. The van der Waals surface area contributed by atoms with Crippen molar-refractivity contribution in [1.82, 2.24) is 5.32 Å². The van der Waals surface area contributed by atoms with Crippen LogP contribution >= 0.6 is 11.6 Å². The van der Waals surface area contributed by atoms with E-state index in [1.54, 1.807) is 12.1 Å². The van der Waals surface area contributed by atoms with E-state index in [2.05, 4.69) is 10.6 Å². The van der Waals surface area contributed by atoms with Crippen LogP contribution in [-0.2, 0) is 19.7 Å². The lowest BCUT2D eigenvalue weighted by Gasteiger charge is -2.35. The van der Waals surface area contributed by atoms with Gasteiger partial charge in [-0.15, -0.1) is 0 Å². The van der Waals surface area contributed by atoms with Crippen LogP contribution in [0.2, 0.25) is 5.02 Å². The molecule has 34 heavy (non-hydrogen) atoms. The molecule has 2 aliphatic rings. The first-order valence-electron chi connectivity index (χ1n) is 11.4. The zero-order chi connectivity index (χ0) is 24.1. The molecule has 3 aromatic rings. The van der Waals surface area contributed by atoms with Crippen molar-refractivity contribution in [3.05, 3.63) is 101 Å². The average Bonchev–Trinajstić information content (AvgIpc) is 3.30. The van der Waals surface area contributed by atoms with E-state index in [4.69, 9.17) is 16.3 Å². The molecule has 1 amide bonds. The second-order valence-electron chi connectivity index (χ2n) is 9.92. The van der Waals surface area contributed by atoms with Gasteiger partial charge in [-0.2, -0.15) is 0 Å².